The van der Waals surface area contributed by atoms with Crippen molar-refractivity contribution in [2.75, 3.05) is 0 Å². The zero-order valence-corrected chi connectivity index (χ0v) is 8.86. The van der Waals surface area contributed by atoms with Gasteiger partial charge in [0, 0.05) is 0 Å². The van der Waals surface area contributed by atoms with Crippen LogP contribution in [0.5, 0.6) is 0 Å². The smallest absolute Gasteiger partial charge is 0.481 e. The van der Waals surface area contributed by atoms with Crippen LogP contribution >= 0.6 is 0 Å². The monoisotopic (exact) mass is 183 g/mol. The van der Waals surface area contributed by atoms with Crippen molar-refractivity contribution in [1.29, 1.82) is 0 Å². The van der Waals surface area contributed by atoms with E-state index in [0.717, 1.165) is 0 Å². The predicted octanol–water partition coefficient (Wildman–Crippen LogP) is -3.67. The third-order valence-corrected chi connectivity index (χ3v) is 1.23. The molecule has 0 radical (unpaired) electrons. The van der Waals surface area contributed by atoms with Gasteiger partial charge in [0.15, 0.2) is 0 Å². The minimum Gasteiger partial charge on any atom is -0.481 e. The third-order valence-electron chi connectivity index (χ3n) is 1.23. The Morgan fingerprint density at radius 2 is 1.83 bits per heavy atom. The number of carbonyl (C=O) groups is 2. The van der Waals surface area contributed by atoms with E-state index in [1.165, 1.54) is 0 Å². The van der Waals surface area contributed by atoms with E-state index in [-0.39, 0.29) is 29.6 Å². The molecule has 0 aliphatic carbocycles. The van der Waals surface area contributed by atoms with Crippen molar-refractivity contribution in [3.63, 3.8) is 0 Å². The Kier molecular flexibility index (Phi) is 7.72. The van der Waals surface area contributed by atoms with Gasteiger partial charge >= 0.3 is 41.5 Å². The van der Waals surface area contributed by atoms with Crippen LogP contribution in [0.1, 0.15) is 6.42 Å². The van der Waals surface area contributed by atoms with Gasteiger partial charge in [0.1, 0.15) is 0 Å². The number of rotatable bonds is 4. The van der Waals surface area contributed by atoms with E-state index in [2.05, 4.69) is 6.92 Å². The first-order chi connectivity index (χ1) is 4.95. The molecule has 0 aliphatic rings. The van der Waals surface area contributed by atoms with Crippen LogP contribution in [0.4, 0.5) is 0 Å². The fraction of sp³-hybridized carbons (Fsp3) is 0.500. The average Bonchev–Trinajstić information content (AvgIpc) is 1.81. The van der Waals surface area contributed by atoms with Crippen LogP contribution in [-0.2, 0) is 9.59 Å². The van der Waals surface area contributed by atoms with Crippen molar-refractivity contribution >= 4 is 11.9 Å². The summed E-state index contributed by atoms with van der Waals surface area (Å²) < 4.78 is 0. The molecule has 0 amide bonds. The molecule has 0 aromatic heterocycles. The number of aliphatic carboxylic acids is 2. The third kappa shape index (κ3) is 5.54. The summed E-state index contributed by atoms with van der Waals surface area (Å²) in [6.07, 6.45) is -0.486. The Labute approximate surface area is 92.2 Å². The summed E-state index contributed by atoms with van der Waals surface area (Å²) in [6, 6.07) is -0.886. The van der Waals surface area contributed by atoms with Crippen LogP contribution in [0, 0.1) is 12.8 Å². The van der Waals surface area contributed by atoms with Crippen molar-refractivity contribution in [2.24, 2.45) is 11.7 Å². The molecule has 4 N–H and O–H groups in total. The van der Waals surface area contributed by atoms with Crippen LogP contribution in [-0.4, -0.2) is 28.2 Å². The molecule has 2 unspecified atom stereocenters. The zero-order valence-electron chi connectivity index (χ0n) is 6.86. The van der Waals surface area contributed by atoms with E-state index < -0.39 is 30.3 Å². The van der Waals surface area contributed by atoms with Gasteiger partial charge in [0.25, 0.3) is 0 Å². The van der Waals surface area contributed by atoms with Gasteiger partial charge in [-0.25, -0.2) is 0 Å². The van der Waals surface area contributed by atoms with Gasteiger partial charge in [-0.15, -0.1) is 6.04 Å². The quantitative estimate of drug-likeness (QED) is 0.308. The van der Waals surface area contributed by atoms with Gasteiger partial charge in [-0.05, 0) is 0 Å². The Morgan fingerprint density at radius 3 is 1.92 bits per heavy atom. The summed E-state index contributed by atoms with van der Waals surface area (Å²) in [4.78, 5) is 20.4. The first kappa shape index (κ1) is 14.4. The molecule has 0 saturated heterocycles. The van der Waals surface area contributed by atoms with E-state index >= 15 is 0 Å². The van der Waals surface area contributed by atoms with Crippen LogP contribution in [0.2, 0.25) is 0 Å². The fourth-order valence-electron chi connectivity index (χ4n) is 0.610. The first-order valence-electron chi connectivity index (χ1n) is 2.98. The summed E-state index contributed by atoms with van der Waals surface area (Å²) >= 11 is 0. The molecule has 5 nitrogen and oxygen atoms in total. The second kappa shape index (κ2) is 6.42. The maximum atomic E-state index is 10.3. The number of hydrogen-bond acceptors (Lipinski definition) is 3. The van der Waals surface area contributed by atoms with E-state index in [0.29, 0.717) is 0 Å². The number of carboxylic acid groups (broad SMARTS) is 2. The van der Waals surface area contributed by atoms with E-state index in [4.69, 9.17) is 15.9 Å². The molecule has 0 bridgehead atoms. The Hall–Kier alpha value is -0.100. The molecule has 2 atom stereocenters. The summed E-state index contributed by atoms with van der Waals surface area (Å²) in [5, 5.41) is 16.6. The van der Waals surface area contributed by atoms with Crippen molar-refractivity contribution in [1.82, 2.24) is 0 Å². The predicted molar refractivity (Wildman–Crippen MR) is 36.7 cm³/mol. The Bertz CT molecular complexity index is 171. The average molecular weight is 183 g/mol. The fourth-order valence-corrected chi connectivity index (χ4v) is 0.610. The molecule has 0 rings (SSSR count). The Balaban J connectivity index is 0. The van der Waals surface area contributed by atoms with Crippen molar-refractivity contribution in [2.45, 2.75) is 12.5 Å². The van der Waals surface area contributed by atoms with Crippen LogP contribution < -0.4 is 35.3 Å². The topological polar surface area (TPSA) is 101 Å². The van der Waals surface area contributed by atoms with Crippen LogP contribution in [0.15, 0.2) is 0 Å². The second-order valence-electron chi connectivity index (χ2n) is 2.21. The minimum absolute atomic E-state index is 0. The maximum absolute atomic E-state index is 10.3. The summed E-state index contributed by atoms with van der Waals surface area (Å²) in [5.41, 5.74) is 5.13. The van der Waals surface area contributed by atoms with Crippen LogP contribution in [0.25, 0.3) is 0 Å². The molecule has 0 saturated carbocycles. The molecule has 12 heavy (non-hydrogen) atoms. The molecule has 0 fully saturated rings. The molecular weight excluding hydrogens is 173 g/mol. The van der Waals surface area contributed by atoms with Crippen LogP contribution in [0.3, 0.4) is 0 Å². The first-order valence-corrected chi connectivity index (χ1v) is 2.98. The van der Waals surface area contributed by atoms with Gasteiger partial charge in [-0.1, -0.05) is 0 Å². The van der Waals surface area contributed by atoms with Gasteiger partial charge in [-0.3, -0.25) is 9.59 Å². The van der Waals surface area contributed by atoms with Gasteiger partial charge in [0.05, 0.1) is 12.3 Å². The molecule has 6 heteroatoms. The SMILES string of the molecule is [CH2-]C(N)C(CC(=O)O)C(=O)O.[Na+]. The van der Waals surface area contributed by atoms with Gasteiger partial charge in [-0.2, -0.15) is 0 Å². The standard InChI is InChI=1S/C6H10NO4.Na/c1-3(7)4(6(10)11)2-5(8)9;/h3-4H,1-2,7H2,(H,8,9)(H,10,11);/q-1;+1. The van der Waals surface area contributed by atoms with E-state index in [9.17, 15) is 9.59 Å². The molecule has 0 aliphatic heterocycles. The summed E-state index contributed by atoms with van der Waals surface area (Å²) in [6.45, 7) is 3.25. The van der Waals surface area contributed by atoms with E-state index in [1.807, 2.05) is 0 Å². The Morgan fingerprint density at radius 1 is 1.42 bits per heavy atom. The van der Waals surface area contributed by atoms with Crippen molar-refractivity contribution < 1.29 is 49.4 Å². The van der Waals surface area contributed by atoms with Gasteiger partial charge in [0.2, 0.25) is 0 Å². The second-order valence-corrected chi connectivity index (χ2v) is 2.21. The summed E-state index contributed by atoms with van der Waals surface area (Å²) in [7, 11) is 0. The van der Waals surface area contributed by atoms with Crippen molar-refractivity contribution in [3.8, 4) is 0 Å². The van der Waals surface area contributed by atoms with Gasteiger partial charge < -0.3 is 22.9 Å². The minimum atomic E-state index is -1.23. The molecule has 64 valence electrons. The normalized spacial score (nSPS) is 14.2. The number of carboxylic acids is 2. The number of nitrogens with two attached hydrogens (primary N) is 1. The largest absolute Gasteiger partial charge is 1.00 e. The molecule has 0 heterocycles. The zero-order chi connectivity index (χ0) is 9.02. The number of hydrogen-bond donors (Lipinski definition) is 3. The van der Waals surface area contributed by atoms with E-state index in [1.54, 1.807) is 0 Å². The molecule has 0 spiro atoms. The van der Waals surface area contributed by atoms with Crippen molar-refractivity contribution in [3.05, 3.63) is 6.92 Å². The molecular formula is C6H10NNaO4. The molecule has 0 aromatic rings. The molecule has 0 aromatic carbocycles. The maximum Gasteiger partial charge on any atom is 1.00 e. The summed E-state index contributed by atoms with van der Waals surface area (Å²) in [5.74, 6) is -3.51.